The van der Waals surface area contributed by atoms with Gasteiger partial charge in [-0.3, -0.25) is 4.99 Å². The minimum Gasteiger partial charge on any atom is -0.497 e. The molecule has 4 aromatic rings. The highest BCUT2D eigenvalue weighted by atomic mass is 32.1. The lowest BCUT2D eigenvalue weighted by atomic mass is 10.2. The molecule has 2 heterocycles. The molecular formula is C23H21N3O2S. The molecule has 2 aromatic carbocycles. The molecular weight excluding hydrogens is 382 g/mol. The lowest BCUT2D eigenvalue weighted by Crippen LogP contribution is -2.12. The number of hydrogen-bond acceptors (Lipinski definition) is 5. The maximum absolute atomic E-state index is 6.05. The molecule has 0 radical (unpaired) electrons. The number of para-hydroxylation sites is 1. The Kier molecular flexibility index (Phi) is 5.44. The summed E-state index contributed by atoms with van der Waals surface area (Å²) in [6, 6.07) is 17.7. The van der Waals surface area contributed by atoms with Gasteiger partial charge in [-0.2, -0.15) is 5.10 Å². The Hall–Kier alpha value is -3.38. The van der Waals surface area contributed by atoms with Gasteiger partial charge in [0, 0.05) is 10.8 Å². The molecule has 0 aliphatic carbocycles. The van der Waals surface area contributed by atoms with Gasteiger partial charge < -0.3 is 9.15 Å². The zero-order chi connectivity index (χ0) is 20.2. The van der Waals surface area contributed by atoms with Crippen LogP contribution in [0.5, 0.6) is 5.75 Å². The fourth-order valence-corrected chi connectivity index (χ4v) is 3.63. The highest BCUT2D eigenvalue weighted by Gasteiger charge is 2.12. The largest absolute Gasteiger partial charge is 0.497 e. The van der Waals surface area contributed by atoms with E-state index in [9.17, 15) is 0 Å². The van der Waals surface area contributed by atoms with Crippen LogP contribution in [0.2, 0.25) is 0 Å². The van der Waals surface area contributed by atoms with Crippen LogP contribution in [-0.2, 0) is 0 Å². The third kappa shape index (κ3) is 4.22. The van der Waals surface area contributed by atoms with Gasteiger partial charge in [0.05, 0.1) is 19.9 Å². The molecule has 0 spiro atoms. The first-order valence-electron chi connectivity index (χ1n) is 9.17. The molecule has 2 aromatic heterocycles. The Morgan fingerprint density at radius 2 is 2.00 bits per heavy atom. The van der Waals surface area contributed by atoms with Crippen LogP contribution >= 0.6 is 11.3 Å². The van der Waals surface area contributed by atoms with Crippen molar-refractivity contribution in [1.29, 1.82) is 0 Å². The first-order valence-corrected chi connectivity index (χ1v) is 10.0. The number of furan rings is 1. The third-order valence-corrected chi connectivity index (χ3v) is 5.14. The van der Waals surface area contributed by atoms with Crippen LogP contribution < -0.4 is 9.54 Å². The molecule has 0 fully saturated rings. The molecule has 4 rings (SSSR count). The van der Waals surface area contributed by atoms with E-state index >= 15 is 0 Å². The molecule has 0 aliphatic rings. The van der Waals surface area contributed by atoms with Crippen LogP contribution in [-0.4, -0.2) is 24.5 Å². The van der Waals surface area contributed by atoms with Crippen LogP contribution in [0.25, 0.3) is 22.4 Å². The van der Waals surface area contributed by atoms with E-state index in [-0.39, 0.29) is 0 Å². The van der Waals surface area contributed by atoms with Gasteiger partial charge in [-0.1, -0.05) is 30.4 Å². The van der Waals surface area contributed by atoms with Gasteiger partial charge in [-0.15, -0.1) is 11.3 Å². The summed E-state index contributed by atoms with van der Waals surface area (Å²) >= 11 is 1.53. The summed E-state index contributed by atoms with van der Waals surface area (Å²) in [4.78, 5) is 5.44. The molecule has 0 unspecified atom stereocenters. The average Bonchev–Trinajstić information content (AvgIpc) is 3.34. The number of aromatic nitrogens is 1. The summed E-state index contributed by atoms with van der Waals surface area (Å²) in [5, 5.41) is 7.76. The molecule has 0 N–H and O–H groups in total. The van der Waals surface area contributed by atoms with E-state index in [2.05, 4.69) is 11.6 Å². The van der Waals surface area contributed by atoms with E-state index in [1.165, 1.54) is 11.3 Å². The Bertz CT molecular complexity index is 1210. The summed E-state index contributed by atoms with van der Waals surface area (Å²) in [7, 11) is 1.65. The van der Waals surface area contributed by atoms with Crippen molar-refractivity contribution < 1.29 is 9.15 Å². The second-order valence-electron chi connectivity index (χ2n) is 6.65. The van der Waals surface area contributed by atoms with E-state index in [4.69, 9.17) is 14.3 Å². The van der Waals surface area contributed by atoms with Gasteiger partial charge in [-0.05, 0) is 48.9 Å². The number of ether oxygens (including phenoxy) is 1. The maximum Gasteiger partial charge on any atom is 0.206 e. The predicted octanol–water partition coefficient (Wildman–Crippen LogP) is 5.33. The van der Waals surface area contributed by atoms with Crippen molar-refractivity contribution in [3.05, 3.63) is 82.5 Å². The maximum atomic E-state index is 6.05. The predicted molar refractivity (Wildman–Crippen MR) is 119 cm³/mol. The molecule has 29 heavy (non-hydrogen) atoms. The lowest BCUT2D eigenvalue weighted by Gasteiger charge is -2.02. The topological polar surface area (TPSA) is 52.0 Å². The number of nitrogens with zero attached hydrogens (tertiary/aromatic N) is 3. The van der Waals surface area contributed by atoms with Gasteiger partial charge in [0.15, 0.2) is 5.76 Å². The minimum absolute atomic E-state index is 0.554. The highest BCUT2D eigenvalue weighted by molar-refractivity contribution is 7.07. The molecule has 5 nitrogen and oxygen atoms in total. The first-order chi connectivity index (χ1) is 14.1. The third-order valence-electron chi connectivity index (χ3n) is 4.29. The number of methoxy groups -OCH3 is 1. The minimum atomic E-state index is 0.554. The summed E-state index contributed by atoms with van der Waals surface area (Å²) in [5.41, 5.74) is 3.66. The molecule has 146 valence electrons. The summed E-state index contributed by atoms with van der Waals surface area (Å²) in [6.45, 7) is 6.45. The normalized spacial score (nSPS) is 12.1. The van der Waals surface area contributed by atoms with Crippen LogP contribution in [0.3, 0.4) is 0 Å². The van der Waals surface area contributed by atoms with E-state index < -0.39 is 0 Å². The van der Waals surface area contributed by atoms with Crippen LogP contribution in [0.15, 0.2) is 86.6 Å². The van der Waals surface area contributed by atoms with Gasteiger partial charge in [0.2, 0.25) is 4.80 Å². The summed E-state index contributed by atoms with van der Waals surface area (Å²) in [5.74, 6) is 1.57. The number of rotatable bonds is 6. The molecule has 0 bridgehead atoms. The lowest BCUT2D eigenvalue weighted by molar-refractivity contribution is 0.415. The fourth-order valence-electron chi connectivity index (χ4n) is 2.81. The van der Waals surface area contributed by atoms with Gasteiger partial charge in [0.25, 0.3) is 0 Å². The van der Waals surface area contributed by atoms with E-state index in [1.54, 1.807) is 13.3 Å². The van der Waals surface area contributed by atoms with E-state index in [1.807, 2.05) is 71.6 Å². The van der Waals surface area contributed by atoms with Crippen molar-refractivity contribution in [3.8, 4) is 17.2 Å². The average molecular weight is 404 g/mol. The van der Waals surface area contributed by atoms with Crippen molar-refractivity contribution in [2.24, 2.45) is 10.1 Å². The van der Waals surface area contributed by atoms with Crippen molar-refractivity contribution in [3.63, 3.8) is 0 Å². The molecule has 0 amide bonds. The molecule has 6 heteroatoms. The number of fused-ring (bicyclic) bond motifs is 1. The Labute approximate surface area is 172 Å². The first kappa shape index (κ1) is 19.0. The summed E-state index contributed by atoms with van der Waals surface area (Å²) < 4.78 is 13.1. The van der Waals surface area contributed by atoms with Gasteiger partial charge >= 0.3 is 0 Å². The Morgan fingerprint density at radius 1 is 1.21 bits per heavy atom. The second kappa shape index (κ2) is 8.32. The number of hydrogen-bond donors (Lipinski definition) is 0. The van der Waals surface area contributed by atoms with Crippen LogP contribution in [0.4, 0.5) is 0 Å². The van der Waals surface area contributed by atoms with E-state index in [0.717, 1.165) is 44.1 Å². The molecule has 0 aliphatic heterocycles. The Balaban J connectivity index is 1.78. The van der Waals surface area contributed by atoms with Crippen molar-refractivity contribution >= 4 is 28.5 Å². The number of benzene rings is 2. The van der Waals surface area contributed by atoms with Crippen LogP contribution in [0, 0.1) is 0 Å². The molecule has 0 saturated heterocycles. The fraction of sp³-hybridized carbons (Fsp3) is 0.130. The van der Waals surface area contributed by atoms with Crippen molar-refractivity contribution in [1.82, 2.24) is 4.68 Å². The standard InChI is InChI=1S/C23H21N3O2S/c1-16(2)13-24-23-26(25-14-17-8-10-19(27-3)11-9-17)20(15-29-23)22-12-18-6-4-5-7-21(18)28-22/h4-12,14-15H,1,13H2,2-3H3. The van der Waals surface area contributed by atoms with Gasteiger partial charge in [0.1, 0.15) is 17.0 Å². The molecule has 0 saturated carbocycles. The smallest absolute Gasteiger partial charge is 0.206 e. The quantitative estimate of drug-likeness (QED) is 0.323. The Morgan fingerprint density at radius 3 is 2.72 bits per heavy atom. The highest BCUT2D eigenvalue weighted by Crippen LogP contribution is 2.28. The monoisotopic (exact) mass is 403 g/mol. The summed E-state index contributed by atoms with van der Waals surface area (Å²) in [6.07, 6.45) is 1.80. The van der Waals surface area contributed by atoms with Gasteiger partial charge in [-0.25, -0.2) is 4.68 Å². The van der Waals surface area contributed by atoms with Crippen molar-refractivity contribution in [2.45, 2.75) is 6.92 Å². The van der Waals surface area contributed by atoms with Crippen LogP contribution in [0.1, 0.15) is 12.5 Å². The number of thiazole rings is 1. The zero-order valence-electron chi connectivity index (χ0n) is 16.3. The molecule has 0 atom stereocenters. The van der Waals surface area contributed by atoms with Crippen molar-refractivity contribution in [2.75, 3.05) is 13.7 Å². The zero-order valence-corrected chi connectivity index (χ0v) is 17.1. The SMILES string of the molecule is C=C(C)CN=c1scc(-c2cc3ccccc3o2)n1N=Cc1ccc(OC)cc1. The van der Waals surface area contributed by atoms with E-state index in [0.29, 0.717) is 6.54 Å². The second-order valence-corrected chi connectivity index (χ2v) is 7.49.